The Kier molecular flexibility index (Phi) is 2.32. The van der Waals surface area contributed by atoms with Gasteiger partial charge in [0.05, 0.1) is 5.52 Å². The Hall–Kier alpha value is -1.62. The number of hydrogen-bond donors (Lipinski definition) is 2. The number of hydrogen-bond acceptors (Lipinski definition) is 3. The first-order valence-corrected chi connectivity index (χ1v) is 4.93. The third kappa shape index (κ3) is 1.78. The molecule has 0 atom stereocenters. The van der Waals surface area contributed by atoms with Gasteiger partial charge in [0, 0.05) is 15.9 Å². The SMILES string of the molecule is O=c1cc(O)c2ccc(Br)cc2[nH]c1=O. The van der Waals surface area contributed by atoms with Crippen LogP contribution in [0, 0.1) is 0 Å². The second-order valence-corrected chi connectivity index (χ2v) is 3.95. The minimum absolute atomic E-state index is 0.208. The van der Waals surface area contributed by atoms with Crippen molar-refractivity contribution in [2.45, 2.75) is 0 Å². The van der Waals surface area contributed by atoms with E-state index in [4.69, 9.17) is 0 Å². The van der Waals surface area contributed by atoms with Gasteiger partial charge in [0.15, 0.2) is 0 Å². The summed E-state index contributed by atoms with van der Waals surface area (Å²) in [5.41, 5.74) is -1.10. The Morgan fingerprint density at radius 3 is 2.67 bits per heavy atom. The highest BCUT2D eigenvalue weighted by atomic mass is 79.9. The Morgan fingerprint density at radius 1 is 1.20 bits per heavy atom. The van der Waals surface area contributed by atoms with Gasteiger partial charge < -0.3 is 10.1 Å². The number of aromatic nitrogens is 1. The van der Waals surface area contributed by atoms with Gasteiger partial charge in [-0.05, 0) is 18.2 Å². The highest BCUT2D eigenvalue weighted by molar-refractivity contribution is 9.10. The van der Waals surface area contributed by atoms with Gasteiger partial charge in [-0.2, -0.15) is 0 Å². The molecule has 5 heteroatoms. The van der Waals surface area contributed by atoms with Crippen LogP contribution in [0.2, 0.25) is 0 Å². The average Bonchev–Trinajstić information content (AvgIpc) is 2.25. The first kappa shape index (κ1) is 9.92. The van der Waals surface area contributed by atoms with E-state index in [1.165, 1.54) is 0 Å². The summed E-state index contributed by atoms with van der Waals surface area (Å²) >= 11 is 3.23. The van der Waals surface area contributed by atoms with E-state index >= 15 is 0 Å². The second-order valence-electron chi connectivity index (χ2n) is 3.04. The number of benzene rings is 1. The second kappa shape index (κ2) is 3.51. The normalized spacial score (nSPS) is 10.5. The number of aromatic hydroxyl groups is 1. The zero-order valence-electron chi connectivity index (χ0n) is 7.45. The maximum absolute atomic E-state index is 11.2. The zero-order valence-corrected chi connectivity index (χ0v) is 9.04. The molecule has 0 spiro atoms. The topological polar surface area (TPSA) is 70.2 Å². The van der Waals surface area contributed by atoms with E-state index in [1.807, 2.05) is 0 Å². The van der Waals surface area contributed by atoms with E-state index in [9.17, 15) is 14.7 Å². The first-order chi connectivity index (χ1) is 7.08. The van der Waals surface area contributed by atoms with Gasteiger partial charge in [-0.1, -0.05) is 15.9 Å². The summed E-state index contributed by atoms with van der Waals surface area (Å²) in [6.45, 7) is 0. The maximum atomic E-state index is 11.2. The van der Waals surface area contributed by atoms with Gasteiger partial charge >= 0.3 is 0 Å². The Labute approximate surface area is 92.3 Å². The van der Waals surface area contributed by atoms with Crippen molar-refractivity contribution in [1.82, 2.24) is 4.98 Å². The van der Waals surface area contributed by atoms with Gasteiger partial charge in [0.2, 0.25) is 5.43 Å². The number of aromatic amines is 1. The summed E-state index contributed by atoms with van der Waals surface area (Å²) in [5, 5.41) is 9.98. The summed E-state index contributed by atoms with van der Waals surface area (Å²) < 4.78 is 0.753. The van der Waals surface area contributed by atoms with E-state index < -0.39 is 11.0 Å². The molecule has 2 N–H and O–H groups in total. The molecule has 0 aliphatic heterocycles. The highest BCUT2D eigenvalue weighted by Gasteiger charge is 2.02. The number of halogens is 1. The van der Waals surface area contributed by atoms with Crippen LogP contribution in [-0.2, 0) is 0 Å². The largest absolute Gasteiger partial charge is 0.507 e. The molecule has 4 nitrogen and oxygen atoms in total. The maximum Gasteiger partial charge on any atom is 0.296 e. The molecule has 0 amide bonds. The zero-order chi connectivity index (χ0) is 11.0. The van der Waals surface area contributed by atoms with Crippen LogP contribution in [0.25, 0.3) is 10.9 Å². The van der Waals surface area contributed by atoms with Crippen LogP contribution in [0.4, 0.5) is 0 Å². The van der Waals surface area contributed by atoms with Crippen molar-refractivity contribution in [3.05, 3.63) is 49.3 Å². The summed E-state index contributed by atoms with van der Waals surface area (Å²) in [6, 6.07) is 5.86. The molecule has 0 radical (unpaired) electrons. The summed E-state index contributed by atoms with van der Waals surface area (Å²) in [4.78, 5) is 24.7. The van der Waals surface area contributed by atoms with Gasteiger partial charge in [0.25, 0.3) is 5.56 Å². The average molecular weight is 268 g/mol. The third-order valence-electron chi connectivity index (χ3n) is 2.00. The lowest BCUT2D eigenvalue weighted by Crippen LogP contribution is -2.22. The van der Waals surface area contributed by atoms with Crippen molar-refractivity contribution in [2.75, 3.05) is 0 Å². The Morgan fingerprint density at radius 2 is 1.93 bits per heavy atom. The fourth-order valence-electron chi connectivity index (χ4n) is 1.29. The minimum atomic E-state index is -0.764. The summed E-state index contributed by atoms with van der Waals surface area (Å²) in [6.07, 6.45) is 0. The minimum Gasteiger partial charge on any atom is -0.507 e. The number of nitrogens with one attached hydrogen (secondary N) is 1. The molecule has 0 saturated heterocycles. The lowest BCUT2D eigenvalue weighted by atomic mass is 10.2. The van der Waals surface area contributed by atoms with E-state index in [2.05, 4.69) is 20.9 Å². The van der Waals surface area contributed by atoms with Gasteiger partial charge in [-0.3, -0.25) is 9.59 Å². The molecule has 1 aromatic heterocycles. The van der Waals surface area contributed by atoms with E-state index in [-0.39, 0.29) is 5.75 Å². The van der Waals surface area contributed by atoms with Crippen LogP contribution in [0.15, 0.2) is 38.3 Å². The number of rotatable bonds is 0. The molecule has 15 heavy (non-hydrogen) atoms. The first-order valence-electron chi connectivity index (χ1n) is 4.14. The monoisotopic (exact) mass is 267 g/mol. The van der Waals surface area contributed by atoms with Gasteiger partial charge in [0.1, 0.15) is 5.75 Å². The molecule has 0 fully saturated rings. The van der Waals surface area contributed by atoms with Crippen molar-refractivity contribution in [2.24, 2.45) is 0 Å². The third-order valence-corrected chi connectivity index (χ3v) is 2.49. The summed E-state index contributed by atoms with van der Waals surface area (Å²) in [5.74, 6) is -0.208. The van der Waals surface area contributed by atoms with E-state index in [0.29, 0.717) is 10.9 Å². The molecule has 0 unspecified atom stereocenters. The van der Waals surface area contributed by atoms with Crippen LogP contribution < -0.4 is 11.0 Å². The van der Waals surface area contributed by atoms with Gasteiger partial charge in [-0.15, -0.1) is 0 Å². The van der Waals surface area contributed by atoms with E-state index in [0.717, 1.165) is 10.5 Å². The fraction of sp³-hybridized carbons (Fsp3) is 0. The molecular weight excluding hydrogens is 262 g/mol. The molecule has 2 aromatic rings. The molecule has 0 aliphatic rings. The molecular formula is C10H6BrNO3. The highest BCUT2D eigenvalue weighted by Crippen LogP contribution is 2.22. The number of fused-ring (bicyclic) bond motifs is 1. The van der Waals surface area contributed by atoms with Crippen LogP contribution in [0.3, 0.4) is 0 Å². The van der Waals surface area contributed by atoms with Crippen LogP contribution in [-0.4, -0.2) is 10.1 Å². The molecule has 0 saturated carbocycles. The van der Waals surface area contributed by atoms with E-state index in [1.54, 1.807) is 18.2 Å². The molecule has 0 aliphatic carbocycles. The van der Waals surface area contributed by atoms with Gasteiger partial charge in [-0.25, -0.2) is 0 Å². The smallest absolute Gasteiger partial charge is 0.296 e. The Balaban J connectivity index is 3.09. The standard InChI is InChI=1S/C10H6BrNO3/c11-5-1-2-6-7(3-5)12-10(15)9(14)4-8(6)13/h1-4,13H,(H,12,14,15). The van der Waals surface area contributed by atoms with Crippen LogP contribution >= 0.6 is 15.9 Å². The van der Waals surface area contributed by atoms with Crippen molar-refractivity contribution in [3.63, 3.8) is 0 Å². The Bertz CT molecular complexity index is 648. The number of H-pyrrole nitrogens is 1. The predicted molar refractivity (Wildman–Crippen MR) is 60.2 cm³/mol. The molecule has 76 valence electrons. The fourth-order valence-corrected chi connectivity index (χ4v) is 1.66. The molecule has 1 aromatic carbocycles. The molecule has 1 heterocycles. The lowest BCUT2D eigenvalue weighted by Gasteiger charge is -1.95. The summed E-state index contributed by atoms with van der Waals surface area (Å²) in [7, 11) is 0. The van der Waals surface area contributed by atoms with Crippen molar-refractivity contribution in [1.29, 1.82) is 0 Å². The predicted octanol–water partition coefficient (Wildman–Crippen LogP) is 1.36. The van der Waals surface area contributed by atoms with Crippen molar-refractivity contribution < 1.29 is 5.11 Å². The molecule has 2 rings (SSSR count). The van der Waals surface area contributed by atoms with Crippen LogP contribution in [0.1, 0.15) is 0 Å². The lowest BCUT2D eigenvalue weighted by molar-refractivity contribution is 0.481. The van der Waals surface area contributed by atoms with Crippen molar-refractivity contribution >= 4 is 26.8 Å². The molecule has 0 bridgehead atoms. The van der Waals surface area contributed by atoms with Crippen LogP contribution in [0.5, 0.6) is 5.75 Å². The van der Waals surface area contributed by atoms with Crippen molar-refractivity contribution in [3.8, 4) is 5.75 Å². The quantitative estimate of drug-likeness (QED) is 0.708.